The van der Waals surface area contributed by atoms with Crippen LogP contribution in [0.25, 0.3) is 0 Å². The zero-order valence-electron chi connectivity index (χ0n) is 8.40. The lowest BCUT2D eigenvalue weighted by Gasteiger charge is -2.08. The van der Waals surface area contributed by atoms with Gasteiger partial charge in [-0.15, -0.1) is 0 Å². The van der Waals surface area contributed by atoms with Gasteiger partial charge in [0.25, 0.3) is 0 Å². The first kappa shape index (κ1) is 10.9. The number of rotatable bonds is 6. The maximum Gasteiger partial charge on any atom is 0.202 e. The monoisotopic (exact) mass is 191 g/mol. The molecule has 0 aliphatic rings. The molecule has 1 aromatic rings. The van der Waals surface area contributed by atoms with Crippen LogP contribution in [-0.4, -0.2) is 20.0 Å². The van der Waals surface area contributed by atoms with Gasteiger partial charge in [0.05, 0.1) is 0 Å². The van der Waals surface area contributed by atoms with Gasteiger partial charge < -0.3 is 4.74 Å². The van der Waals surface area contributed by atoms with Gasteiger partial charge in [-0.2, -0.15) is 0 Å². The van der Waals surface area contributed by atoms with Crippen molar-refractivity contribution in [3.05, 3.63) is 35.9 Å². The fourth-order valence-corrected chi connectivity index (χ4v) is 1.36. The Labute approximate surface area is 84.9 Å². The molecule has 0 saturated carbocycles. The first-order valence-electron chi connectivity index (χ1n) is 4.77. The van der Waals surface area contributed by atoms with Crippen molar-refractivity contribution in [2.75, 3.05) is 13.7 Å². The lowest BCUT2D eigenvalue weighted by Crippen LogP contribution is -2.09. The van der Waals surface area contributed by atoms with E-state index in [-0.39, 0.29) is 5.92 Å². The highest BCUT2D eigenvalue weighted by Crippen LogP contribution is 2.09. The quantitative estimate of drug-likeness (QED) is 0.687. The third-order valence-corrected chi connectivity index (χ3v) is 2.16. The van der Waals surface area contributed by atoms with Gasteiger partial charge in [-0.1, -0.05) is 30.3 Å². The van der Waals surface area contributed by atoms with E-state index in [1.807, 2.05) is 30.3 Å². The Bertz CT molecular complexity index is 256. The average molecular weight is 191 g/mol. The molecule has 14 heavy (non-hydrogen) atoms. The molecule has 0 aliphatic heterocycles. The van der Waals surface area contributed by atoms with Gasteiger partial charge in [-0.3, -0.25) is 4.79 Å². The second-order valence-corrected chi connectivity index (χ2v) is 3.29. The lowest BCUT2D eigenvalue weighted by atomic mass is 9.98. The fourth-order valence-electron chi connectivity index (χ4n) is 1.36. The van der Waals surface area contributed by atoms with Crippen LogP contribution in [0.2, 0.25) is 0 Å². The van der Waals surface area contributed by atoms with Gasteiger partial charge in [-0.25, -0.2) is 0 Å². The smallest absolute Gasteiger partial charge is 0.202 e. The summed E-state index contributed by atoms with van der Waals surface area (Å²) in [5.74, 6) is -0.0441. The van der Waals surface area contributed by atoms with E-state index in [4.69, 9.17) is 4.74 Å². The summed E-state index contributed by atoms with van der Waals surface area (Å²) in [4.78, 5) is 10.6. The Morgan fingerprint density at radius 3 is 2.64 bits per heavy atom. The predicted molar refractivity (Wildman–Crippen MR) is 55.8 cm³/mol. The van der Waals surface area contributed by atoms with E-state index < -0.39 is 0 Å². The van der Waals surface area contributed by atoms with Gasteiger partial charge in [0, 0.05) is 19.6 Å². The minimum Gasteiger partial charge on any atom is -0.385 e. The van der Waals surface area contributed by atoms with Crippen molar-refractivity contribution in [3.63, 3.8) is 0 Å². The Balaban J connectivity index is 2.44. The van der Waals surface area contributed by atoms with E-state index in [0.29, 0.717) is 6.61 Å². The lowest BCUT2D eigenvalue weighted by molar-refractivity contribution is 0.185. The van der Waals surface area contributed by atoms with Gasteiger partial charge in [0.2, 0.25) is 6.29 Å². The zero-order valence-corrected chi connectivity index (χ0v) is 8.40. The van der Waals surface area contributed by atoms with Crippen LogP contribution in [0, 0.1) is 5.92 Å². The normalized spacial score (nSPS) is 12.4. The van der Waals surface area contributed by atoms with Gasteiger partial charge >= 0.3 is 0 Å². The molecule has 75 valence electrons. The third-order valence-electron chi connectivity index (χ3n) is 2.16. The maximum atomic E-state index is 10.6. The molecule has 0 saturated heterocycles. The molecule has 0 bridgehead atoms. The van der Waals surface area contributed by atoms with Gasteiger partial charge in [-0.05, 0) is 18.4 Å². The molecule has 0 spiro atoms. The second-order valence-electron chi connectivity index (χ2n) is 3.29. The molecule has 1 atom stereocenters. The van der Waals surface area contributed by atoms with Crippen LogP contribution in [0.15, 0.2) is 30.3 Å². The van der Waals surface area contributed by atoms with Crippen molar-refractivity contribution in [3.8, 4) is 0 Å². The largest absolute Gasteiger partial charge is 0.385 e. The fraction of sp³-hybridized carbons (Fsp3) is 0.417. The first-order chi connectivity index (χ1) is 6.86. The minimum absolute atomic E-state index is 0.0441. The first-order valence-corrected chi connectivity index (χ1v) is 4.77. The zero-order chi connectivity index (χ0) is 10.2. The molecule has 0 N–H and O–H groups in total. The van der Waals surface area contributed by atoms with Crippen LogP contribution in [0.3, 0.4) is 0 Å². The molecular formula is C12H15O2. The molecule has 1 unspecified atom stereocenters. The number of methoxy groups -OCH3 is 1. The Morgan fingerprint density at radius 1 is 1.36 bits per heavy atom. The number of hydrogen-bond donors (Lipinski definition) is 0. The maximum absolute atomic E-state index is 10.6. The van der Waals surface area contributed by atoms with Crippen LogP contribution >= 0.6 is 0 Å². The van der Waals surface area contributed by atoms with Gasteiger partial charge in [0.15, 0.2) is 0 Å². The molecule has 1 rings (SSSR count). The summed E-state index contributed by atoms with van der Waals surface area (Å²) in [5, 5.41) is 0. The summed E-state index contributed by atoms with van der Waals surface area (Å²) in [6.45, 7) is 0.618. The molecule has 0 amide bonds. The summed E-state index contributed by atoms with van der Waals surface area (Å²) in [6.07, 6.45) is 3.56. The molecule has 0 aliphatic carbocycles. The van der Waals surface area contributed by atoms with Crippen LogP contribution in [-0.2, 0) is 16.0 Å². The molecule has 1 aromatic carbocycles. The summed E-state index contributed by atoms with van der Waals surface area (Å²) in [7, 11) is 1.64. The van der Waals surface area contributed by atoms with E-state index in [2.05, 4.69) is 6.29 Å². The Hall–Kier alpha value is -1.15. The Morgan fingerprint density at radius 2 is 2.07 bits per heavy atom. The van der Waals surface area contributed by atoms with Crippen LogP contribution in [0.5, 0.6) is 0 Å². The topological polar surface area (TPSA) is 26.3 Å². The molecule has 0 aromatic heterocycles. The third kappa shape index (κ3) is 3.71. The van der Waals surface area contributed by atoms with E-state index in [1.165, 1.54) is 5.56 Å². The van der Waals surface area contributed by atoms with Crippen LogP contribution in [0.4, 0.5) is 0 Å². The predicted octanol–water partition coefficient (Wildman–Crippen LogP) is 1.99. The van der Waals surface area contributed by atoms with Crippen molar-refractivity contribution < 1.29 is 9.53 Å². The van der Waals surface area contributed by atoms with E-state index in [1.54, 1.807) is 7.11 Å². The highest BCUT2D eigenvalue weighted by Gasteiger charge is 2.08. The summed E-state index contributed by atoms with van der Waals surface area (Å²) in [5.41, 5.74) is 1.18. The van der Waals surface area contributed by atoms with E-state index in [9.17, 15) is 4.79 Å². The molecular weight excluding hydrogens is 176 g/mol. The van der Waals surface area contributed by atoms with Crippen molar-refractivity contribution in [1.82, 2.24) is 0 Å². The highest BCUT2D eigenvalue weighted by molar-refractivity contribution is 5.55. The summed E-state index contributed by atoms with van der Waals surface area (Å²) < 4.78 is 4.93. The highest BCUT2D eigenvalue weighted by atomic mass is 16.5. The van der Waals surface area contributed by atoms with Crippen LogP contribution < -0.4 is 0 Å². The average Bonchev–Trinajstić information content (AvgIpc) is 2.25. The summed E-state index contributed by atoms with van der Waals surface area (Å²) >= 11 is 0. The van der Waals surface area contributed by atoms with E-state index in [0.717, 1.165) is 12.8 Å². The van der Waals surface area contributed by atoms with Crippen molar-refractivity contribution in [1.29, 1.82) is 0 Å². The minimum atomic E-state index is -0.0441. The van der Waals surface area contributed by atoms with Crippen LogP contribution in [0.1, 0.15) is 12.0 Å². The standard InChI is InChI=1S/C12H15O2/c1-14-8-7-12(10-13)9-11-5-3-2-4-6-11/h2-6,12H,7-9H2,1H3. The molecule has 2 heteroatoms. The molecule has 2 nitrogen and oxygen atoms in total. The van der Waals surface area contributed by atoms with Crippen molar-refractivity contribution >= 4 is 6.29 Å². The number of ether oxygens (including phenoxy) is 1. The number of carbonyl (C=O) groups excluding carboxylic acids is 1. The van der Waals surface area contributed by atoms with Crippen molar-refractivity contribution in [2.24, 2.45) is 5.92 Å². The second kappa shape index (κ2) is 6.33. The van der Waals surface area contributed by atoms with Crippen molar-refractivity contribution in [2.45, 2.75) is 12.8 Å². The van der Waals surface area contributed by atoms with Gasteiger partial charge in [0.1, 0.15) is 0 Å². The summed E-state index contributed by atoms with van der Waals surface area (Å²) in [6, 6.07) is 9.98. The Kier molecular flexibility index (Phi) is 4.94. The molecule has 0 fully saturated rings. The van der Waals surface area contributed by atoms with E-state index >= 15 is 0 Å². The SMILES string of the molecule is COCCC([C]=O)Cc1ccccc1. The molecule has 1 radical (unpaired) electrons. The number of hydrogen-bond acceptors (Lipinski definition) is 2. The number of benzene rings is 1. The molecule has 0 heterocycles.